The second kappa shape index (κ2) is 8.99. The molecule has 1 heterocycles. The van der Waals surface area contributed by atoms with Gasteiger partial charge in [0.25, 0.3) is 15.9 Å². The van der Waals surface area contributed by atoms with Crippen LogP contribution in [0, 0.1) is 0 Å². The largest absolute Gasteiger partial charge is 0.482 e. The number of rotatable bonds is 6. The summed E-state index contributed by atoms with van der Waals surface area (Å²) in [6, 6.07) is 20.8. The van der Waals surface area contributed by atoms with Crippen LogP contribution in [-0.2, 0) is 21.2 Å². The number of carbonyl (C=O) groups is 1. The Morgan fingerprint density at radius 2 is 1.77 bits per heavy atom. The molecule has 0 saturated carbocycles. The lowest BCUT2D eigenvalue weighted by atomic mass is 10.0. The molecular formula is C23H21ClN2O4S. The fraction of sp³-hybridized carbons (Fsp3) is 0.174. The van der Waals surface area contributed by atoms with Crippen molar-refractivity contribution in [3.05, 3.63) is 83.4 Å². The van der Waals surface area contributed by atoms with Crippen molar-refractivity contribution in [2.75, 3.05) is 22.8 Å². The first-order valence-corrected chi connectivity index (χ1v) is 11.6. The number of amides is 1. The SMILES string of the molecule is O=C(COc1ccc(S(=O)(=O)N2CCCc3ccccc32)cc1Cl)Nc1ccccc1. The van der Waals surface area contributed by atoms with Crippen molar-refractivity contribution in [1.82, 2.24) is 0 Å². The normalized spacial score (nSPS) is 13.4. The summed E-state index contributed by atoms with van der Waals surface area (Å²) >= 11 is 6.28. The van der Waals surface area contributed by atoms with Crippen molar-refractivity contribution in [3.8, 4) is 5.75 Å². The van der Waals surface area contributed by atoms with Crippen LogP contribution < -0.4 is 14.4 Å². The zero-order valence-corrected chi connectivity index (χ0v) is 18.2. The van der Waals surface area contributed by atoms with Gasteiger partial charge in [0.1, 0.15) is 5.75 Å². The van der Waals surface area contributed by atoms with Gasteiger partial charge in [0.15, 0.2) is 6.61 Å². The van der Waals surface area contributed by atoms with Crippen LogP contribution in [0.15, 0.2) is 77.7 Å². The summed E-state index contributed by atoms with van der Waals surface area (Å²) in [6.45, 7) is 0.162. The standard InChI is InChI=1S/C23H21ClN2O4S/c24-20-15-19(31(28,29)26-14-6-8-17-7-4-5-11-21(17)26)12-13-22(20)30-16-23(27)25-18-9-2-1-3-10-18/h1-5,7,9-13,15H,6,8,14,16H2,(H,25,27). The Kier molecular flexibility index (Phi) is 6.15. The molecule has 1 aliphatic rings. The first-order chi connectivity index (χ1) is 14.9. The van der Waals surface area contributed by atoms with Gasteiger partial charge in [-0.2, -0.15) is 0 Å². The molecule has 3 aromatic rings. The molecule has 1 aliphatic heterocycles. The summed E-state index contributed by atoms with van der Waals surface area (Å²) < 4.78 is 33.4. The molecule has 31 heavy (non-hydrogen) atoms. The van der Waals surface area contributed by atoms with E-state index in [9.17, 15) is 13.2 Å². The van der Waals surface area contributed by atoms with Crippen molar-refractivity contribution >= 4 is 38.9 Å². The molecule has 8 heteroatoms. The van der Waals surface area contributed by atoms with E-state index in [0.29, 0.717) is 17.9 Å². The van der Waals surface area contributed by atoms with Crippen LogP contribution in [0.25, 0.3) is 0 Å². The average Bonchev–Trinajstić information content (AvgIpc) is 2.78. The van der Waals surface area contributed by atoms with Crippen molar-refractivity contribution in [1.29, 1.82) is 0 Å². The van der Waals surface area contributed by atoms with Crippen molar-refractivity contribution in [3.63, 3.8) is 0 Å². The Labute approximate surface area is 186 Å². The minimum absolute atomic E-state index is 0.0790. The van der Waals surface area contributed by atoms with E-state index in [0.717, 1.165) is 18.4 Å². The molecule has 6 nitrogen and oxygen atoms in total. The molecule has 0 aliphatic carbocycles. The van der Waals surface area contributed by atoms with E-state index in [1.54, 1.807) is 12.1 Å². The zero-order valence-electron chi connectivity index (χ0n) is 16.6. The van der Waals surface area contributed by atoms with E-state index in [1.165, 1.54) is 22.5 Å². The van der Waals surface area contributed by atoms with Gasteiger partial charge >= 0.3 is 0 Å². The van der Waals surface area contributed by atoms with E-state index >= 15 is 0 Å². The lowest BCUT2D eigenvalue weighted by Crippen LogP contribution is -2.35. The van der Waals surface area contributed by atoms with E-state index in [-0.39, 0.29) is 28.2 Å². The number of ether oxygens (including phenoxy) is 1. The second-order valence-electron chi connectivity index (χ2n) is 7.10. The molecule has 0 saturated heterocycles. The van der Waals surface area contributed by atoms with Gasteiger partial charge in [-0.15, -0.1) is 0 Å². The summed E-state index contributed by atoms with van der Waals surface area (Å²) in [7, 11) is -3.77. The lowest BCUT2D eigenvalue weighted by Gasteiger charge is -2.30. The highest BCUT2D eigenvalue weighted by atomic mass is 35.5. The first-order valence-electron chi connectivity index (χ1n) is 9.83. The third-order valence-electron chi connectivity index (χ3n) is 4.98. The third-order valence-corrected chi connectivity index (χ3v) is 7.08. The quantitative estimate of drug-likeness (QED) is 0.592. The zero-order chi connectivity index (χ0) is 21.8. The number of aryl methyl sites for hydroxylation is 1. The van der Waals surface area contributed by atoms with E-state index in [4.69, 9.17) is 16.3 Å². The second-order valence-corrected chi connectivity index (χ2v) is 9.37. The Hall–Kier alpha value is -3.03. The lowest BCUT2D eigenvalue weighted by molar-refractivity contribution is -0.118. The molecule has 1 N–H and O–H groups in total. The molecule has 0 unspecified atom stereocenters. The number of hydrogen-bond donors (Lipinski definition) is 1. The number of para-hydroxylation sites is 2. The summed E-state index contributed by atoms with van der Waals surface area (Å²) in [5.41, 5.74) is 2.36. The van der Waals surface area contributed by atoms with Crippen LogP contribution in [0.3, 0.4) is 0 Å². The topological polar surface area (TPSA) is 75.7 Å². The van der Waals surface area contributed by atoms with E-state index < -0.39 is 10.0 Å². The van der Waals surface area contributed by atoms with Gasteiger partial charge in [-0.05, 0) is 54.8 Å². The monoisotopic (exact) mass is 456 g/mol. The molecule has 0 fully saturated rings. The molecule has 0 spiro atoms. The summed E-state index contributed by atoms with van der Waals surface area (Å²) in [5, 5.41) is 2.83. The summed E-state index contributed by atoms with van der Waals surface area (Å²) in [4.78, 5) is 12.1. The molecule has 0 atom stereocenters. The Balaban J connectivity index is 1.48. The number of anilines is 2. The third kappa shape index (κ3) is 4.68. The smallest absolute Gasteiger partial charge is 0.264 e. The van der Waals surface area contributed by atoms with Crippen LogP contribution in [-0.4, -0.2) is 27.5 Å². The van der Waals surface area contributed by atoms with Gasteiger partial charge in [0.05, 0.1) is 15.6 Å². The van der Waals surface area contributed by atoms with E-state index in [1.807, 2.05) is 42.5 Å². The Morgan fingerprint density at radius 3 is 2.55 bits per heavy atom. The Bertz CT molecular complexity index is 1200. The first kappa shape index (κ1) is 21.2. The number of nitrogens with one attached hydrogen (secondary N) is 1. The maximum absolute atomic E-state index is 13.2. The molecule has 160 valence electrons. The number of halogens is 1. The van der Waals surface area contributed by atoms with Crippen molar-refractivity contribution < 1.29 is 17.9 Å². The summed E-state index contributed by atoms with van der Waals surface area (Å²) in [6.07, 6.45) is 1.60. The molecule has 1 amide bonds. The Morgan fingerprint density at radius 1 is 1.03 bits per heavy atom. The van der Waals surface area contributed by atoms with Crippen LogP contribution in [0.1, 0.15) is 12.0 Å². The van der Waals surface area contributed by atoms with Gasteiger partial charge in [0.2, 0.25) is 0 Å². The van der Waals surface area contributed by atoms with Gasteiger partial charge in [0, 0.05) is 12.2 Å². The average molecular weight is 457 g/mol. The van der Waals surface area contributed by atoms with Crippen molar-refractivity contribution in [2.45, 2.75) is 17.7 Å². The van der Waals surface area contributed by atoms with Crippen LogP contribution in [0.2, 0.25) is 5.02 Å². The fourth-order valence-corrected chi connectivity index (χ4v) is 5.36. The molecular weight excluding hydrogens is 436 g/mol. The number of fused-ring (bicyclic) bond motifs is 1. The highest BCUT2D eigenvalue weighted by molar-refractivity contribution is 7.92. The highest BCUT2D eigenvalue weighted by Crippen LogP contribution is 2.34. The molecule has 0 radical (unpaired) electrons. The highest BCUT2D eigenvalue weighted by Gasteiger charge is 2.29. The number of hydrogen-bond acceptors (Lipinski definition) is 4. The van der Waals surface area contributed by atoms with Gasteiger partial charge in [-0.25, -0.2) is 8.42 Å². The number of carbonyl (C=O) groups excluding carboxylic acids is 1. The maximum atomic E-state index is 13.2. The fourth-order valence-electron chi connectivity index (χ4n) is 3.50. The van der Waals surface area contributed by atoms with Crippen molar-refractivity contribution in [2.24, 2.45) is 0 Å². The van der Waals surface area contributed by atoms with E-state index in [2.05, 4.69) is 5.32 Å². The minimum atomic E-state index is -3.77. The van der Waals surface area contributed by atoms with Crippen LogP contribution in [0.4, 0.5) is 11.4 Å². The molecule has 4 rings (SSSR count). The number of nitrogens with zero attached hydrogens (tertiary/aromatic N) is 1. The van der Waals surface area contributed by atoms with Gasteiger partial charge in [-0.3, -0.25) is 9.10 Å². The maximum Gasteiger partial charge on any atom is 0.264 e. The molecule has 0 aromatic heterocycles. The molecule has 0 bridgehead atoms. The van der Waals surface area contributed by atoms with Crippen LogP contribution >= 0.6 is 11.6 Å². The van der Waals surface area contributed by atoms with Gasteiger partial charge < -0.3 is 10.1 Å². The van der Waals surface area contributed by atoms with Crippen LogP contribution in [0.5, 0.6) is 5.75 Å². The minimum Gasteiger partial charge on any atom is -0.482 e. The van der Waals surface area contributed by atoms with Gasteiger partial charge in [-0.1, -0.05) is 48.0 Å². The molecule has 3 aromatic carbocycles. The predicted octanol–water partition coefficient (Wildman–Crippen LogP) is 4.50. The number of benzene rings is 3. The summed E-state index contributed by atoms with van der Waals surface area (Å²) in [5.74, 6) is -0.105. The predicted molar refractivity (Wildman–Crippen MR) is 121 cm³/mol. The number of sulfonamides is 1.